The van der Waals surface area contributed by atoms with Gasteiger partial charge in [0.1, 0.15) is 0 Å². The highest BCUT2D eigenvalue weighted by molar-refractivity contribution is 7.56. The number of hydrogen-bond donors (Lipinski definition) is 3. The molecule has 0 aliphatic heterocycles. The third-order valence-corrected chi connectivity index (χ3v) is 1.80. The molecule has 7 heteroatoms. The van der Waals surface area contributed by atoms with E-state index in [-0.39, 0.29) is 19.0 Å². The van der Waals surface area contributed by atoms with Crippen LogP contribution in [0.25, 0.3) is 0 Å². The molecular formula is C3H10AlCl2O3P. The molecule has 0 amide bonds. The summed E-state index contributed by atoms with van der Waals surface area (Å²) in [4.78, 5) is 0. The minimum atomic E-state index is -0.887. The van der Waals surface area contributed by atoms with Crippen molar-refractivity contribution in [3.63, 3.8) is 0 Å². The van der Waals surface area contributed by atoms with E-state index in [0.717, 1.165) is 0 Å². The molecule has 10 heavy (non-hydrogen) atoms. The zero-order chi connectivity index (χ0) is 8.41. The highest BCUT2D eigenvalue weighted by atomic mass is 35.7. The smallest absolute Gasteiger partial charge is 0.392 e. The predicted octanol–water partition coefficient (Wildman–Crippen LogP) is 0.0482. The molecule has 0 aromatic carbocycles. The van der Waals surface area contributed by atoms with Gasteiger partial charge in [-0.25, -0.2) is 20.1 Å². The fourth-order valence-electron chi connectivity index (χ4n) is 0.134. The fourth-order valence-corrected chi connectivity index (χ4v) is 0.402. The Kier molecular flexibility index (Phi) is 18.2. The first-order chi connectivity index (χ1) is 4.76. The lowest BCUT2D eigenvalue weighted by molar-refractivity contribution is 0.319. The van der Waals surface area contributed by atoms with Gasteiger partial charge in [0.25, 0.3) is 0 Å². The first-order valence-electron chi connectivity index (χ1n) is 2.43. The fraction of sp³-hybridized carbons (Fsp3) is 1.00. The molecule has 0 rings (SSSR count). The molecule has 0 aromatic heterocycles. The molecule has 0 saturated carbocycles. The normalized spacial score (nSPS) is 8.60. The van der Waals surface area contributed by atoms with Crippen molar-refractivity contribution in [1.82, 2.24) is 0 Å². The minimum absolute atomic E-state index is 0.0810. The van der Waals surface area contributed by atoms with Gasteiger partial charge in [0.05, 0.1) is 19.0 Å². The molecule has 0 bridgehead atoms. The Morgan fingerprint density at radius 2 is 1.20 bits per heavy atom. The van der Waals surface area contributed by atoms with Crippen LogP contribution >= 0.6 is 28.0 Å². The van der Waals surface area contributed by atoms with Crippen LogP contribution in [0.15, 0.2) is 0 Å². The molecule has 62 valence electrons. The van der Waals surface area contributed by atoms with Gasteiger partial charge in [-0.05, 0) is 7.92 Å². The molecule has 0 heterocycles. The standard InChI is InChI=1S/C3H9O3P.Al.2ClH.H/c4-1-7(2-5)3-6;;;;/h4-6H,1-3H2;;2*1H;/q;+2;;;/p-2. The molecule has 0 saturated heterocycles. The van der Waals surface area contributed by atoms with E-state index in [1.807, 2.05) is 0 Å². The summed E-state index contributed by atoms with van der Waals surface area (Å²) in [5.74, 6) is 0. The Hall–Kier alpha value is 1.42. The molecule has 0 unspecified atom stereocenters. The van der Waals surface area contributed by atoms with Crippen molar-refractivity contribution in [2.24, 2.45) is 0 Å². The molecule has 0 aliphatic carbocycles. The van der Waals surface area contributed by atoms with E-state index in [9.17, 15) is 0 Å². The van der Waals surface area contributed by atoms with Crippen molar-refractivity contribution >= 4 is 41.4 Å². The minimum Gasteiger partial charge on any atom is -0.392 e. The van der Waals surface area contributed by atoms with Gasteiger partial charge in [-0.2, -0.15) is 0 Å². The monoisotopic (exact) mass is 222 g/mol. The van der Waals surface area contributed by atoms with Crippen LogP contribution in [-0.2, 0) is 0 Å². The van der Waals surface area contributed by atoms with Crippen molar-refractivity contribution < 1.29 is 15.3 Å². The van der Waals surface area contributed by atoms with Crippen LogP contribution in [0, 0.1) is 0 Å². The third-order valence-electron chi connectivity index (χ3n) is 0.600. The molecule has 0 aromatic rings. The van der Waals surface area contributed by atoms with E-state index >= 15 is 0 Å². The van der Waals surface area contributed by atoms with Gasteiger partial charge in [0, 0.05) is 0 Å². The molecule has 0 aliphatic rings. The van der Waals surface area contributed by atoms with Gasteiger partial charge < -0.3 is 15.3 Å². The molecule has 3 N–H and O–H groups in total. The Morgan fingerprint density at radius 3 is 1.20 bits per heavy atom. The summed E-state index contributed by atoms with van der Waals surface area (Å²) in [5, 5.41) is 24.7. The van der Waals surface area contributed by atoms with E-state index in [2.05, 4.69) is 0 Å². The number of rotatable bonds is 3. The highest BCUT2D eigenvalue weighted by Crippen LogP contribution is 2.29. The molecule has 3 nitrogen and oxygen atoms in total. The van der Waals surface area contributed by atoms with Crippen LogP contribution in [0.4, 0.5) is 0 Å². The average molecular weight is 223 g/mol. The molecule has 0 radical (unpaired) electrons. The molecule has 0 atom stereocenters. The van der Waals surface area contributed by atoms with Gasteiger partial charge >= 0.3 is 13.4 Å². The number of aliphatic hydroxyl groups excluding tert-OH is 3. The van der Waals surface area contributed by atoms with Crippen LogP contribution in [0.2, 0.25) is 0 Å². The van der Waals surface area contributed by atoms with Crippen LogP contribution in [0.5, 0.6) is 0 Å². The summed E-state index contributed by atoms with van der Waals surface area (Å²) in [5.41, 5.74) is 0. The largest absolute Gasteiger partial charge is 0.499 e. The van der Waals surface area contributed by atoms with E-state index in [0.29, 0.717) is 0 Å². The maximum atomic E-state index is 8.23. The summed E-state index contributed by atoms with van der Waals surface area (Å²) < 4.78 is 0. The molecule has 0 spiro atoms. The summed E-state index contributed by atoms with van der Waals surface area (Å²) in [6, 6.07) is 0. The van der Waals surface area contributed by atoms with Gasteiger partial charge in [0.15, 0.2) is 0 Å². The topological polar surface area (TPSA) is 60.7 Å². The number of hydrogen-bond acceptors (Lipinski definition) is 3. The summed E-state index contributed by atoms with van der Waals surface area (Å²) in [6.07, 6.45) is -0.243. The Labute approximate surface area is 75.8 Å². The average Bonchev–Trinajstić information content (AvgIpc) is 1.93. The maximum absolute atomic E-state index is 8.23. The zero-order valence-corrected chi connectivity index (χ0v) is 9.19. The highest BCUT2D eigenvalue weighted by Gasteiger charge is 1.98. The maximum Gasteiger partial charge on any atom is 0.499 e. The predicted molar refractivity (Wildman–Crippen MR) is 47.0 cm³/mol. The number of aliphatic hydroxyl groups is 3. The van der Waals surface area contributed by atoms with Crippen LogP contribution in [-0.4, -0.2) is 47.7 Å². The SMILES string of the molecule is OCP(CO)CO.[Cl][AlH][Cl]. The van der Waals surface area contributed by atoms with Crippen LogP contribution in [0.1, 0.15) is 0 Å². The quantitative estimate of drug-likeness (QED) is 0.467. The van der Waals surface area contributed by atoms with Crippen molar-refractivity contribution in [2.45, 2.75) is 0 Å². The van der Waals surface area contributed by atoms with Crippen molar-refractivity contribution in [1.29, 1.82) is 0 Å². The second-order valence-corrected chi connectivity index (χ2v) is 6.01. The van der Waals surface area contributed by atoms with E-state index in [1.165, 1.54) is 0 Å². The van der Waals surface area contributed by atoms with Gasteiger partial charge in [-0.3, -0.25) is 0 Å². The van der Waals surface area contributed by atoms with Gasteiger partial charge in [0.2, 0.25) is 0 Å². The van der Waals surface area contributed by atoms with Crippen LogP contribution < -0.4 is 0 Å². The van der Waals surface area contributed by atoms with Crippen molar-refractivity contribution in [2.75, 3.05) is 19.0 Å². The van der Waals surface area contributed by atoms with E-state index < -0.39 is 21.3 Å². The lowest BCUT2D eigenvalue weighted by Crippen LogP contribution is -1.91. The van der Waals surface area contributed by atoms with Crippen molar-refractivity contribution in [3.8, 4) is 0 Å². The Bertz CT molecular complexity index is 51.5. The zero-order valence-electron chi connectivity index (χ0n) is 5.37. The summed E-state index contributed by atoms with van der Waals surface area (Å²) in [6.45, 7) is 0. The van der Waals surface area contributed by atoms with Crippen molar-refractivity contribution in [3.05, 3.63) is 0 Å². The second-order valence-electron chi connectivity index (χ2n) is 1.20. The summed E-state index contributed by atoms with van der Waals surface area (Å²) >= 11 is -0.639. The third kappa shape index (κ3) is 12.1. The van der Waals surface area contributed by atoms with Gasteiger partial charge in [-0.1, -0.05) is 0 Å². The van der Waals surface area contributed by atoms with E-state index in [1.54, 1.807) is 0 Å². The first-order valence-corrected chi connectivity index (χ1v) is 8.61. The molecular weight excluding hydrogens is 213 g/mol. The molecule has 0 fully saturated rings. The lowest BCUT2D eigenvalue weighted by Gasteiger charge is -2.03. The summed E-state index contributed by atoms with van der Waals surface area (Å²) in [7, 11) is 8.92. The first kappa shape index (κ1) is 14.0. The lowest BCUT2D eigenvalue weighted by atomic mass is 11.6. The number of halogens is 2. The van der Waals surface area contributed by atoms with Crippen LogP contribution in [0.3, 0.4) is 0 Å². The van der Waals surface area contributed by atoms with E-state index in [4.69, 9.17) is 35.4 Å². The Morgan fingerprint density at radius 1 is 1.00 bits per heavy atom. The Balaban J connectivity index is 0. The second kappa shape index (κ2) is 13.0. The van der Waals surface area contributed by atoms with Gasteiger partial charge in [-0.15, -0.1) is 0 Å².